The first-order valence-electron chi connectivity index (χ1n) is 6.48. The van der Waals surface area contributed by atoms with E-state index in [1.165, 1.54) is 0 Å². The fraction of sp³-hybridized carbons (Fsp3) is 0.133. The van der Waals surface area contributed by atoms with Gasteiger partial charge in [-0.25, -0.2) is 4.98 Å². The molecule has 0 N–H and O–H groups in total. The van der Waals surface area contributed by atoms with Crippen LogP contribution < -0.4 is 4.74 Å². The standard InChI is InChI=1S/C15H12Cl2N4O/c1-9-15(21-8-10(16)3-6-14(21)18-9)20-19-13-7-11(22-2)4-5-12(13)17/h3-8H,1-2H3. The van der Waals surface area contributed by atoms with Crippen LogP contribution in [-0.4, -0.2) is 16.5 Å². The Morgan fingerprint density at radius 1 is 1.14 bits per heavy atom. The third-order valence-electron chi connectivity index (χ3n) is 3.13. The number of ether oxygens (including phenoxy) is 1. The molecule has 0 aliphatic carbocycles. The number of aromatic nitrogens is 2. The van der Waals surface area contributed by atoms with E-state index in [1.54, 1.807) is 42.0 Å². The van der Waals surface area contributed by atoms with E-state index in [9.17, 15) is 0 Å². The summed E-state index contributed by atoms with van der Waals surface area (Å²) in [6.45, 7) is 1.86. The van der Waals surface area contributed by atoms with Gasteiger partial charge in [0.2, 0.25) is 0 Å². The molecule has 0 bridgehead atoms. The Morgan fingerprint density at radius 2 is 1.95 bits per heavy atom. The number of fused-ring (bicyclic) bond motifs is 1. The highest BCUT2D eigenvalue weighted by atomic mass is 35.5. The first kappa shape index (κ1) is 14.8. The molecule has 0 spiro atoms. The molecule has 112 valence electrons. The summed E-state index contributed by atoms with van der Waals surface area (Å²) in [5.74, 6) is 1.27. The third kappa shape index (κ3) is 2.77. The normalized spacial score (nSPS) is 11.5. The average Bonchev–Trinajstić information content (AvgIpc) is 2.81. The van der Waals surface area contributed by atoms with Crippen LogP contribution >= 0.6 is 23.2 Å². The summed E-state index contributed by atoms with van der Waals surface area (Å²) in [4.78, 5) is 4.42. The summed E-state index contributed by atoms with van der Waals surface area (Å²) >= 11 is 12.1. The van der Waals surface area contributed by atoms with Gasteiger partial charge in [0.1, 0.15) is 17.1 Å². The lowest BCUT2D eigenvalue weighted by Gasteiger charge is -2.02. The zero-order chi connectivity index (χ0) is 15.7. The first-order chi connectivity index (χ1) is 10.6. The third-order valence-corrected chi connectivity index (χ3v) is 3.67. The predicted molar refractivity (Wildman–Crippen MR) is 87.1 cm³/mol. The maximum Gasteiger partial charge on any atom is 0.182 e. The van der Waals surface area contributed by atoms with Gasteiger partial charge in [-0.2, -0.15) is 0 Å². The molecule has 0 fully saturated rings. The number of methoxy groups -OCH3 is 1. The zero-order valence-corrected chi connectivity index (χ0v) is 13.4. The van der Waals surface area contributed by atoms with E-state index >= 15 is 0 Å². The van der Waals surface area contributed by atoms with Crippen LogP contribution in [0.15, 0.2) is 46.8 Å². The van der Waals surface area contributed by atoms with Crippen molar-refractivity contribution < 1.29 is 4.74 Å². The average molecular weight is 335 g/mol. The Hall–Kier alpha value is -2.11. The summed E-state index contributed by atoms with van der Waals surface area (Å²) in [6, 6.07) is 8.81. The van der Waals surface area contributed by atoms with E-state index in [1.807, 2.05) is 13.0 Å². The van der Waals surface area contributed by atoms with Crippen molar-refractivity contribution >= 4 is 40.4 Å². The van der Waals surface area contributed by atoms with Gasteiger partial charge in [-0.15, -0.1) is 10.2 Å². The first-order valence-corrected chi connectivity index (χ1v) is 7.23. The number of azo groups is 1. The Labute approximate surface area is 137 Å². The summed E-state index contributed by atoms with van der Waals surface area (Å²) in [7, 11) is 1.58. The maximum atomic E-state index is 6.12. The van der Waals surface area contributed by atoms with Gasteiger partial charge in [-0.1, -0.05) is 23.2 Å². The van der Waals surface area contributed by atoms with Crippen molar-refractivity contribution in [2.24, 2.45) is 10.2 Å². The van der Waals surface area contributed by atoms with E-state index in [4.69, 9.17) is 27.9 Å². The quantitative estimate of drug-likeness (QED) is 0.604. The Morgan fingerprint density at radius 3 is 2.73 bits per heavy atom. The number of imidazole rings is 1. The number of rotatable bonds is 3. The van der Waals surface area contributed by atoms with E-state index in [-0.39, 0.29) is 0 Å². The molecule has 0 atom stereocenters. The minimum absolute atomic E-state index is 0.494. The lowest BCUT2D eigenvalue weighted by molar-refractivity contribution is 0.415. The molecule has 0 unspecified atom stereocenters. The molecular formula is C15H12Cl2N4O. The van der Waals surface area contributed by atoms with E-state index in [0.29, 0.717) is 27.3 Å². The largest absolute Gasteiger partial charge is 0.497 e. The van der Waals surface area contributed by atoms with Crippen molar-refractivity contribution in [3.8, 4) is 5.75 Å². The minimum atomic E-state index is 0.494. The van der Waals surface area contributed by atoms with Gasteiger partial charge in [0.15, 0.2) is 5.82 Å². The molecule has 0 amide bonds. The molecule has 7 heteroatoms. The van der Waals surface area contributed by atoms with Crippen molar-refractivity contribution in [1.29, 1.82) is 0 Å². The molecule has 3 aromatic rings. The van der Waals surface area contributed by atoms with Crippen LogP contribution in [0.1, 0.15) is 5.69 Å². The molecule has 0 radical (unpaired) electrons. The van der Waals surface area contributed by atoms with Crippen LogP contribution in [0.3, 0.4) is 0 Å². The van der Waals surface area contributed by atoms with Crippen LogP contribution in [0.25, 0.3) is 5.65 Å². The highest BCUT2D eigenvalue weighted by Gasteiger charge is 2.09. The highest BCUT2D eigenvalue weighted by molar-refractivity contribution is 6.33. The maximum absolute atomic E-state index is 6.12. The second kappa shape index (κ2) is 5.94. The van der Waals surface area contributed by atoms with Gasteiger partial charge in [0, 0.05) is 12.3 Å². The number of aryl methyl sites for hydroxylation is 1. The molecule has 22 heavy (non-hydrogen) atoms. The molecule has 0 aliphatic heterocycles. The van der Waals surface area contributed by atoms with Crippen LogP contribution in [0.5, 0.6) is 5.75 Å². The van der Waals surface area contributed by atoms with Crippen molar-refractivity contribution in [1.82, 2.24) is 9.38 Å². The lowest BCUT2D eigenvalue weighted by atomic mass is 10.3. The summed E-state index contributed by atoms with van der Waals surface area (Å²) in [5.41, 5.74) is 2.04. The van der Waals surface area contributed by atoms with Crippen molar-refractivity contribution in [3.05, 3.63) is 52.3 Å². The number of benzene rings is 1. The predicted octanol–water partition coefficient (Wildman–Crippen LogP) is 5.37. The second-order valence-corrected chi connectivity index (χ2v) is 5.46. The topological polar surface area (TPSA) is 51.2 Å². The molecule has 0 saturated carbocycles. The van der Waals surface area contributed by atoms with Gasteiger partial charge in [0.25, 0.3) is 0 Å². The Bertz CT molecular complexity index is 873. The van der Waals surface area contributed by atoms with Crippen molar-refractivity contribution in [2.75, 3.05) is 7.11 Å². The number of hydrogen-bond acceptors (Lipinski definition) is 4. The van der Waals surface area contributed by atoms with Gasteiger partial charge >= 0.3 is 0 Å². The van der Waals surface area contributed by atoms with Crippen LogP contribution in [0.4, 0.5) is 11.5 Å². The fourth-order valence-corrected chi connectivity index (χ4v) is 2.36. The molecule has 5 nitrogen and oxygen atoms in total. The summed E-state index contributed by atoms with van der Waals surface area (Å²) in [6.07, 6.45) is 1.75. The monoisotopic (exact) mass is 334 g/mol. The second-order valence-electron chi connectivity index (χ2n) is 4.61. The smallest absolute Gasteiger partial charge is 0.182 e. The number of pyridine rings is 1. The SMILES string of the molecule is COc1ccc(Cl)c(N=Nc2c(C)nc3ccc(Cl)cn23)c1. The van der Waals surface area contributed by atoms with E-state index in [0.717, 1.165) is 11.3 Å². The Kier molecular flexibility index (Phi) is 4.00. The van der Waals surface area contributed by atoms with Gasteiger partial charge in [0.05, 0.1) is 22.8 Å². The molecular weight excluding hydrogens is 323 g/mol. The van der Waals surface area contributed by atoms with Crippen LogP contribution in [0, 0.1) is 6.92 Å². The van der Waals surface area contributed by atoms with E-state index < -0.39 is 0 Å². The van der Waals surface area contributed by atoms with Gasteiger partial charge in [-0.3, -0.25) is 4.40 Å². The van der Waals surface area contributed by atoms with Gasteiger partial charge < -0.3 is 4.74 Å². The van der Waals surface area contributed by atoms with E-state index in [2.05, 4.69) is 15.2 Å². The molecule has 1 aromatic carbocycles. The van der Waals surface area contributed by atoms with Crippen LogP contribution in [0.2, 0.25) is 10.0 Å². The highest BCUT2D eigenvalue weighted by Crippen LogP contribution is 2.31. The zero-order valence-electron chi connectivity index (χ0n) is 11.9. The number of hydrogen-bond donors (Lipinski definition) is 0. The molecule has 0 saturated heterocycles. The molecule has 3 rings (SSSR count). The Balaban J connectivity index is 2.06. The molecule has 2 heterocycles. The molecule has 0 aliphatic rings. The lowest BCUT2D eigenvalue weighted by Crippen LogP contribution is -1.83. The van der Waals surface area contributed by atoms with Crippen molar-refractivity contribution in [2.45, 2.75) is 6.92 Å². The van der Waals surface area contributed by atoms with Crippen LogP contribution in [-0.2, 0) is 0 Å². The minimum Gasteiger partial charge on any atom is -0.497 e. The number of nitrogens with zero attached hydrogens (tertiary/aromatic N) is 4. The number of halogens is 2. The van der Waals surface area contributed by atoms with Crippen molar-refractivity contribution in [3.63, 3.8) is 0 Å². The molecule has 2 aromatic heterocycles. The summed E-state index contributed by atoms with van der Waals surface area (Å²) < 4.78 is 6.95. The fourth-order valence-electron chi connectivity index (χ4n) is 2.04. The van der Waals surface area contributed by atoms with Gasteiger partial charge in [-0.05, 0) is 31.2 Å². The summed E-state index contributed by atoms with van der Waals surface area (Å²) in [5, 5.41) is 9.57.